The van der Waals surface area contributed by atoms with E-state index in [1.165, 1.54) is 13.0 Å². The van der Waals surface area contributed by atoms with Crippen LogP contribution >= 0.6 is 0 Å². The smallest absolute Gasteiger partial charge is 0.180 e. The third kappa shape index (κ3) is 4.49. The van der Waals surface area contributed by atoms with E-state index in [9.17, 15) is 19.0 Å². The monoisotopic (exact) mass is 290 g/mol. The molecule has 4 atom stereocenters. The lowest BCUT2D eigenvalue weighted by atomic mass is 9.92. The minimum Gasteiger partial charge on any atom is -0.392 e. The van der Waals surface area contributed by atoms with Crippen molar-refractivity contribution in [3.63, 3.8) is 0 Å². The highest BCUT2D eigenvalue weighted by Crippen LogP contribution is 2.26. The minimum atomic E-state index is -1.43. The number of hydrogen-bond donors (Lipinski definition) is 3. The van der Waals surface area contributed by atoms with Crippen molar-refractivity contribution in [3.8, 4) is 0 Å². The van der Waals surface area contributed by atoms with E-state index in [1.807, 2.05) is 0 Å². The Morgan fingerprint density at radius 2 is 1.85 bits per heavy atom. The zero-order valence-electron chi connectivity index (χ0n) is 11.5. The first-order chi connectivity index (χ1) is 9.36. The third-order valence-electron chi connectivity index (χ3n) is 3.10. The molecule has 0 aromatic heterocycles. The van der Waals surface area contributed by atoms with Gasteiger partial charge in [0, 0.05) is 12.0 Å². The van der Waals surface area contributed by atoms with Crippen LogP contribution in [-0.2, 0) is 4.74 Å². The second kappa shape index (κ2) is 7.64. The molecule has 1 aromatic carbocycles. The van der Waals surface area contributed by atoms with E-state index >= 15 is 0 Å². The van der Waals surface area contributed by atoms with Crippen LogP contribution in [0.5, 0.6) is 0 Å². The van der Waals surface area contributed by atoms with Gasteiger partial charge in [-0.05, 0) is 25.0 Å². The fourth-order valence-electron chi connectivity index (χ4n) is 1.84. The van der Waals surface area contributed by atoms with Crippen molar-refractivity contribution in [2.75, 3.05) is 6.61 Å². The molecule has 20 heavy (non-hydrogen) atoms. The zero-order valence-corrected chi connectivity index (χ0v) is 11.5. The molecular weight excluding hydrogens is 270 g/mol. The standard InChI is InChI=1S/C14H20F2O4/c1-3-13(18)11(7-20-14(19)8(2)17)10-5-4-9(15)6-12(10)16/h4-6,8,11,13-14,17-19H,3,7H2,1-2H3/t8-,11+,13-,14-/m1/s1. The largest absolute Gasteiger partial charge is 0.392 e. The SMILES string of the molecule is CC[C@@H](O)[C@@H](CO[C@@H](O)[C@@H](C)O)c1ccc(F)cc1F. The van der Waals surface area contributed by atoms with Gasteiger partial charge in [0.15, 0.2) is 6.29 Å². The molecule has 0 aliphatic heterocycles. The number of aliphatic hydroxyl groups excluding tert-OH is 3. The van der Waals surface area contributed by atoms with Crippen LogP contribution in [0.25, 0.3) is 0 Å². The first-order valence-electron chi connectivity index (χ1n) is 6.47. The summed E-state index contributed by atoms with van der Waals surface area (Å²) >= 11 is 0. The predicted molar refractivity (Wildman–Crippen MR) is 69.0 cm³/mol. The molecule has 1 rings (SSSR count). The topological polar surface area (TPSA) is 69.9 Å². The van der Waals surface area contributed by atoms with Gasteiger partial charge < -0.3 is 20.1 Å². The van der Waals surface area contributed by atoms with Gasteiger partial charge in [-0.15, -0.1) is 0 Å². The summed E-state index contributed by atoms with van der Waals surface area (Å²) in [4.78, 5) is 0. The Balaban J connectivity index is 2.89. The Hall–Kier alpha value is -1.08. The normalized spacial score (nSPS) is 17.6. The Kier molecular flexibility index (Phi) is 6.48. The van der Waals surface area contributed by atoms with Crippen LogP contribution in [0.3, 0.4) is 0 Å². The van der Waals surface area contributed by atoms with Crippen molar-refractivity contribution in [2.45, 2.75) is 44.7 Å². The summed E-state index contributed by atoms with van der Waals surface area (Å²) in [7, 11) is 0. The average Bonchev–Trinajstić information content (AvgIpc) is 2.39. The molecule has 3 N–H and O–H groups in total. The molecule has 0 spiro atoms. The fourth-order valence-corrected chi connectivity index (χ4v) is 1.84. The molecule has 4 nitrogen and oxygen atoms in total. The molecule has 0 fully saturated rings. The van der Waals surface area contributed by atoms with Crippen LogP contribution in [0.2, 0.25) is 0 Å². The molecule has 114 valence electrons. The quantitative estimate of drug-likeness (QED) is 0.666. The first-order valence-corrected chi connectivity index (χ1v) is 6.47. The van der Waals surface area contributed by atoms with Crippen LogP contribution in [0.15, 0.2) is 18.2 Å². The minimum absolute atomic E-state index is 0.110. The second-order valence-electron chi connectivity index (χ2n) is 4.71. The first kappa shape index (κ1) is 17.0. The lowest BCUT2D eigenvalue weighted by Crippen LogP contribution is -2.31. The zero-order chi connectivity index (χ0) is 15.3. The van der Waals surface area contributed by atoms with Crippen molar-refractivity contribution in [3.05, 3.63) is 35.4 Å². The van der Waals surface area contributed by atoms with E-state index in [0.717, 1.165) is 12.1 Å². The van der Waals surface area contributed by atoms with Gasteiger partial charge in [-0.2, -0.15) is 0 Å². The molecule has 0 radical (unpaired) electrons. The van der Waals surface area contributed by atoms with Gasteiger partial charge in [-0.3, -0.25) is 0 Å². The van der Waals surface area contributed by atoms with Crippen molar-refractivity contribution < 1.29 is 28.8 Å². The van der Waals surface area contributed by atoms with Crippen LogP contribution in [-0.4, -0.2) is 40.4 Å². The Bertz CT molecular complexity index is 426. The molecule has 0 saturated heterocycles. The van der Waals surface area contributed by atoms with E-state index in [1.54, 1.807) is 6.92 Å². The van der Waals surface area contributed by atoms with Crippen LogP contribution in [0, 0.1) is 11.6 Å². The number of ether oxygens (including phenoxy) is 1. The Labute approximate surface area is 116 Å². The highest BCUT2D eigenvalue weighted by atomic mass is 19.1. The van der Waals surface area contributed by atoms with Crippen LogP contribution in [0.1, 0.15) is 31.7 Å². The molecule has 1 aromatic rings. The molecule has 0 unspecified atom stereocenters. The molecule has 0 aliphatic rings. The summed E-state index contributed by atoms with van der Waals surface area (Å²) < 4.78 is 31.7. The van der Waals surface area contributed by atoms with Crippen molar-refractivity contribution in [1.29, 1.82) is 0 Å². The summed E-state index contributed by atoms with van der Waals surface area (Å²) in [5.74, 6) is -2.24. The highest BCUT2D eigenvalue weighted by molar-refractivity contribution is 5.24. The fraction of sp³-hybridized carbons (Fsp3) is 0.571. The maximum absolute atomic E-state index is 13.8. The third-order valence-corrected chi connectivity index (χ3v) is 3.10. The van der Waals surface area contributed by atoms with Crippen LogP contribution < -0.4 is 0 Å². The number of benzene rings is 1. The molecule has 0 heterocycles. The lowest BCUT2D eigenvalue weighted by molar-refractivity contribution is -0.162. The van der Waals surface area contributed by atoms with Gasteiger partial charge in [-0.25, -0.2) is 8.78 Å². The lowest BCUT2D eigenvalue weighted by Gasteiger charge is -2.25. The molecule has 0 saturated carbocycles. The van der Waals surface area contributed by atoms with Gasteiger partial charge in [0.2, 0.25) is 0 Å². The Morgan fingerprint density at radius 1 is 1.20 bits per heavy atom. The highest BCUT2D eigenvalue weighted by Gasteiger charge is 2.25. The van der Waals surface area contributed by atoms with Gasteiger partial charge in [-0.1, -0.05) is 13.0 Å². The number of halogens is 2. The van der Waals surface area contributed by atoms with Crippen molar-refractivity contribution in [1.82, 2.24) is 0 Å². The van der Waals surface area contributed by atoms with E-state index in [0.29, 0.717) is 6.42 Å². The maximum atomic E-state index is 13.8. The summed E-state index contributed by atoms with van der Waals surface area (Å²) in [6.07, 6.45) is -3.09. The van der Waals surface area contributed by atoms with E-state index in [4.69, 9.17) is 9.84 Å². The van der Waals surface area contributed by atoms with Crippen molar-refractivity contribution in [2.24, 2.45) is 0 Å². The van der Waals surface area contributed by atoms with Gasteiger partial charge in [0.1, 0.15) is 17.7 Å². The molecule has 0 aliphatic carbocycles. The molecular formula is C14H20F2O4. The van der Waals surface area contributed by atoms with Gasteiger partial charge in [0.25, 0.3) is 0 Å². The van der Waals surface area contributed by atoms with E-state index in [-0.39, 0.29) is 12.2 Å². The average molecular weight is 290 g/mol. The van der Waals surface area contributed by atoms with Gasteiger partial charge >= 0.3 is 0 Å². The molecule has 0 bridgehead atoms. The summed E-state index contributed by atoms with van der Waals surface area (Å²) in [5, 5.41) is 28.4. The summed E-state index contributed by atoms with van der Waals surface area (Å²) in [6.45, 7) is 2.86. The molecule has 6 heteroatoms. The number of rotatable bonds is 7. The van der Waals surface area contributed by atoms with E-state index in [2.05, 4.69) is 0 Å². The van der Waals surface area contributed by atoms with Gasteiger partial charge in [0.05, 0.1) is 12.7 Å². The summed E-state index contributed by atoms with van der Waals surface area (Å²) in [6, 6.07) is 3.07. The van der Waals surface area contributed by atoms with E-state index < -0.39 is 36.1 Å². The number of hydrogen-bond acceptors (Lipinski definition) is 4. The predicted octanol–water partition coefficient (Wildman–Crippen LogP) is 1.54. The number of aliphatic hydroxyl groups is 3. The van der Waals surface area contributed by atoms with Crippen molar-refractivity contribution >= 4 is 0 Å². The second-order valence-corrected chi connectivity index (χ2v) is 4.71. The summed E-state index contributed by atoms with van der Waals surface area (Å²) in [5.41, 5.74) is 0.110. The maximum Gasteiger partial charge on any atom is 0.180 e. The Morgan fingerprint density at radius 3 is 2.35 bits per heavy atom. The van der Waals surface area contributed by atoms with Crippen LogP contribution in [0.4, 0.5) is 8.78 Å². The molecule has 0 amide bonds.